The number of halogens is 1. The van der Waals surface area contributed by atoms with Crippen LogP contribution in [0.15, 0.2) is 15.9 Å². The van der Waals surface area contributed by atoms with Crippen molar-refractivity contribution in [1.29, 1.82) is 0 Å². The molecule has 1 unspecified atom stereocenters. The average Bonchev–Trinajstić information content (AvgIpc) is 2.84. The molecule has 106 valence electrons. The number of thiophene rings is 1. The summed E-state index contributed by atoms with van der Waals surface area (Å²) >= 11 is 5.16. The third-order valence-corrected chi connectivity index (χ3v) is 4.80. The fraction of sp³-hybridized carbons (Fsp3) is 0.615. The number of hydrogen-bond acceptors (Lipinski definition) is 5. The summed E-state index contributed by atoms with van der Waals surface area (Å²) in [5.74, 6) is -0.136. The highest BCUT2D eigenvalue weighted by atomic mass is 79.9. The lowest BCUT2D eigenvalue weighted by Crippen LogP contribution is -2.39. The maximum atomic E-state index is 11.8. The second-order valence-corrected chi connectivity index (χ2v) is 6.81. The van der Waals surface area contributed by atoms with Crippen molar-refractivity contribution in [3.05, 3.63) is 20.8 Å². The van der Waals surface area contributed by atoms with Crippen LogP contribution in [0.1, 0.15) is 24.3 Å². The lowest BCUT2D eigenvalue weighted by molar-refractivity contribution is -0.145. The van der Waals surface area contributed by atoms with E-state index in [2.05, 4.69) is 26.9 Å². The summed E-state index contributed by atoms with van der Waals surface area (Å²) in [4.78, 5) is 15.3. The molecule has 0 N–H and O–H groups in total. The molecule has 1 fully saturated rings. The molecule has 1 aromatic rings. The number of carbonyl (C=O) groups excluding carboxylic acids is 1. The maximum absolute atomic E-state index is 11.8. The lowest BCUT2D eigenvalue weighted by atomic mass is 10.1. The number of carbonyl (C=O) groups is 1. The second-order valence-electron chi connectivity index (χ2n) is 4.32. The minimum Gasteiger partial charge on any atom is -0.466 e. The van der Waals surface area contributed by atoms with Gasteiger partial charge in [-0.05, 0) is 35.0 Å². The molecule has 0 aromatic carbocycles. The fourth-order valence-corrected chi connectivity index (χ4v) is 3.74. The highest BCUT2D eigenvalue weighted by molar-refractivity contribution is 9.11. The Morgan fingerprint density at radius 3 is 2.84 bits per heavy atom. The van der Waals surface area contributed by atoms with Crippen molar-refractivity contribution in [2.24, 2.45) is 0 Å². The molecule has 19 heavy (non-hydrogen) atoms. The Bertz CT molecular complexity index is 418. The van der Waals surface area contributed by atoms with Gasteiger partial charge in [-0.15, -0.1) is 11.3 Å². The number of morpholine rings is 1. The summed E-state index contributed by atoms with van der Waals surface area (Å²) in [6.45, 7) is 5.45. The van der Waals surface area contributed by atoms with Crippen LogP contribution in [0, 0.1) is 0 Å². The molecule has 1 aliphatic rings. The molecule has 2 heterocycles. The van der Waals surface area contributed by atoms with E-state index in [-0.39, 0.29) is 12.0 Å². The van der Waals surface area contributed by atoms with Crippen molar-refractivity contribution in [3.8, 4) is 0 Å². The first-order chi connectivity index (χ1) is 9.20. The predicted octanol–water partition coefficient (Wildman–Crippen LogP) is 2.84. The Morgan fingerprint density at radius 1 is 1.53 bits per heavy atom. The van der Waals surface area contributed by atoms with Gasteiger partial charge in [0.05, 0.1) is 36.1 Å². The fourth-order valence-electron chi connectivity index (χ4n) is 2.18. The highest BCUT2D eigenvalue weighted by Gasteiger charge is 2.26. The number of nitrogens with zero attached hydrogens (tertiary/aromatic N) is 1. The monoisotopic (exact) mass is 347 g/mol. The Hall–Kier alpha value is -0.430. The lowest BCUT2D eigenvalue weighted by Gasteiger charge is -2.33. The molecule has 1 saturated heterocycles. The predicted molar refractivity (Wildman–Crippen MR) is 78.4 cm³/mol. The summed E-state index contributed by atoms with van der Waals surface area (Å²) in [5.41, 5.74) is 0. The van der Waals surface area contributed by atoms with Crippen LogP contribution >= 0.6 is 27.3 Å². The number of esters is 1. The first-order valence-electron chi connectivity index (χ1n) is 6.43. The zero-order chi connectivity index (χ0) is 13.7. The smallest absolute Gasteiger partial charge is 0.307 e. The van der Waals surface area contributed by atoms with Crippen LogP contribution in [0.25, 0.3) is 0 Å². The summed E-state index contributed by atoms with van der Waals surface area (Å²) in [5, 5.41) is 0. The molecular formula is C13H18BrNO3S. The van der Waals surface area contributed by atoms with Crippen LogP contribution in [-0.2, 0) is 14.3 Å². The molecule has 0 amide bonds. The largest absolute Gasteiger partial charge is 0.466 e. The van der Waals surface area contributed by atoms with Gasteiger partial charge in [-0.1, -0.05) is 0 Å². The first-order valence-corrected chi connectivity index (χ1v) is 8.04. The average molecular weight is 348 g/mol. The summed E-state index contributed by atoms with van der Waals surface area (Å²) in [6, 6.07) is 4.20. The van der Waals surface area contributed by atoms with Gasteiger partial charge in [-0.2, -0.15) is 0 Å². The van der Waals surface area contributed by atoms with E-state index in [0.29, 0.717) is 13.0 Å². The third kappa shape index (κ3) is 4.27. The number of ether oxygens (including phenoxy) is 2. The van der Waals surface area contributed by atoms with E-state index in [1.54, 1.807) is 11.3 Å². The van der Waals surface area contributed by atoms with E-state index in [9.17, 15) is 4.79 Å². The standard InChI is InChI=1S/C13H18BrNO3S/c1-2-18-13(16)9-10(11-3-4-12(14)19-11)15-5-7-17-8-6-15/h3-4,10H,2,5-9H2,1H3. The van der Waals surface area contributed by atoms with Gasteiger partial charge >= 0.3 is 5.97 Å². The third-order valence-electron chi connectivity index (χ3n) is 3.07. The van der Waals surface area contributed by atoms with E-state index < -0.39 is 0 Å². The number of rotatable bonds is 5. The quantitative estimate of drug-likeness (QED) is 0.767. The van der Waals surface area contributed by atoms with Gasteiger partial charge in [-0.25, -0.2) is 0 Å². The van der Waals surface area contributed by atoms with Crippen LogP contribution in [0.5, 0.6) is 0 Å². The summed E-state index contributed by atoms with van der Waals surface area (Å²) < 4.78 is 11.6. The molecule has 0 radical (unpaired) electrons. The van der Waals surface area contributed by atoms with Crippen LogP contribution < -0.4 is 0 Å². The minimum absolute atomic E-state index is 0.0965. The van der Waals surface area contributed by atoms with E-state index in [0.717, 1.165) is 30.1 Å². The van der Waals surface area contributed by atoms with E-state index in [1.807, 2.05) is 13.0 Å². The molecule has 2 rings (SSSR count). The van der Waals surface area contributed by atoms with Crippen LogP contribution in [-0.4, -0.2) is 43.8 Å². The Balaban J connectivity index is 2.10. The summed E-state index contributed by atoms with van der Waals surface area (Å²) in [6.07, 6.45) is 0.404. The molecule has 4 nitrogen and oxygen atoms in total. The summed E-state index contributed by atoms with van der Waals surface area (Å²) in [7, 11) is 0. The Kier molecular flexibility index (Phi) is 5.81. The van der Waals surface area contributed by atoms with Gasteiger partial charge in [0, 0.05) is 18.0 Å². The van der Waals surface area contributed by atoms with Crippen molar-refractivity contribution < 1.29 is 14.3 Å². The van der Waals surface area contributed by atoms with E-state index in [4.69, 9.17) is 9.47 Å². The van der Waals surface area contributed by atoms with Gasteiger partial charge in [0.25, 0.3) is 0 Å². The van der Waals surface area contributed by atoms with Crippen LogP contribution in [0.3, 0.4) is 0 Å². The molecular weight excluding hydrogens is 330 g/mol. The van der Waals surface area contributed by atoms with Gasteiger partial charge in [-0.3, -0.25) is 9.69 Å². The molecule has 1 aromatic heterocycles. The van der Waals surface area contributed by atoms with Gasteiger partial charge < -0.3 is 9.47 Å². The maximum Gasteiger partial charge on any atom is 0.307 e. The van der Waals surface area contributed by atoms with Crippen molar-refractivity contribution in [2.75, 3.05) is 32.9 Å². The van der Waals surface area contributed by atoms with Crippen molar-refractivity contribution in [1.82, 2.24) is 4.90 Å². The topological polar surface area (TPSA) is 38.8 Å². The van der Waals surface area contributed by atoms with Crippen LogP contribution in [0.4, 0.5) is 0 Å². The van der Waals surface area contributed by atoms with Crippen LogP contribution in [0.2, 0.25) is 0 Å². The molecule has 1 atom stereocenters. The molecule has 0 aliphatic carbocycles. The zero-order valence-electron chi connectivity index (χ0n) is 10.9. The number of hydrogen-bond donors (Lipinski definition) is 0. The highest BCUT2D eigenvalue weighted by Crippen LogP contribution is 2.33. The molecule has 0 spiro atoms. The van der Waals surface area contributed by atoms with E-state index in [1.165, 1.54) is 4.88 Å². The van der Waals surface area contributed by atoms with Gasteiger partial charge in [0.15, 0.2) is 0 Å². The first kappa shape index (κ1) is 15.0. The molecule has 6 heteroatoms. The van der Waals surface area contributed by atoms with Gasteiger partial charge in [0.2, 0.25) is 0 Å². The van der Waals surface area contributed by atoms with E-state index >= 15 is 0 Å². The zero-order valence-corrected chi connectivity index (χ0v) is 13.3. The Labute approximate surface area is 125 Å². The molecule has 0 saturated carbocycles. The van der Waals surface area contributed by atoms with Crippen molar-refractivity contribution in [2.45, 2.75) is 19.4 Å². The Morgan fingerprint density at radius 2 is 2.26 bits per heavy atom. The minimum atomic E-state index is -0.136. The normalized spacial score (nSPS) is 18.2. The van der Waals surface area contributed by atoms with Crippen molar-refractivity contribution >= 4 is 33.2 Å². The van der Waals surface area contributed by atoms with Gasteiger partial charge in [0.1, 0.15) is 0 Å². The molecule has 1 aliphatic heterocycles. The SMILES string of the molecule is CCOC(=O)CC(c1ccc(Br)s1)N1CCOCC1. The second kappa shape index (κ2) is 7.38. The molecule has 0 bridgehead atoms. The van der Waals surface area contributed by atoms with Crippen molar-refractivity contribution in [3.63, 3.8) is 0 Å².